The lowest BCUT2D eigenvalue weighted by Crippen LogP contribution is -2.56. The summed E-state index contributed by atoms with van der Waals surface area (Å²) in [5.74, 6) is 5.27. The fourth-order valence-corrected chi connectivity index (χ4v) is 3.91. The van der Waals surface area contributed by atoms with Crippen molar-refractivity contribution >= 4 is 41.1 Å². The number of allylic oxidation sites excluding steroid dienone is 2. The number of nitrogens with zero attached hydrogens (tertiary/aromatic N) is 3. The second kappa shape index (κ2) is 8.94. The molecule has 190 valence electrons. The van der Waals surface area contributed by atoms with Gasteiger partial charge in [-0.2, -0.15) is 24.0 Å². The number of rotatable bonds is 5. The first-order valence-corrected chi connectivity index (χ1v) is 11.1. The molecule has 0 aromatic heterocycles. The van der Waals surface area contributed by atoms with Gasteiger partial charge in [-0.1, -0.05) is 0 Å². The van der Waals surface area contributed by atoms with Gasteiger partial charge in [-0.25, -0.2) is 9.18 Å². The molecule has 37 heavy (non-hydrogen) atoms. The van der Waals surface area contributed by atoms with Crippen LogP contribution in [0.1, 0.15) is 18.4 Å². The molecule has 3 aliphatic rings. The number of amidine groups is 1. The molecule has 2 heterocycles. The maximum Gasteiger partial charge on any atom is 0.416 e. The van der Waals surface area contributed by atoms with E-state index in [0.717, 1.165) is 18.5 Å². The normalized spacial score (nSPS) is 20.4. The first kappa shape index (κ1) is 24.3. The number of alkyl halides is 3. The highest BCUT2D eigenvalue weighted by Gasteiger charge is 2.50. The summed E-state index contributed by atoms with van der Waals surface area (Å²) in [6, 6.07) is 6.66. The fourth-order valence-electron chi connectivity index (χ4n) is 3.91. The molecule has 1 aliphatic carbocycles. The molecule has 2 aromatic rings. The predicted molar refractivity (Wildman–Crippen MR) is 128 cm³/mol. The van der Waals surface area contributed by atoms with E-state index in [2.05, 4.69) is 25.9 Å². The van der Waals surface area contributed by atoms with Crippen LogP contribution in [0.4, 0.5) is 39.4 Å². The van der Waals surface area contributed by atoms with E-state index in [1.807, 2.05) is 0 Å². The van der Waals surface area contributed by atoms with Gasteiger partial charge in [0.2, 0.25) is 5.70 Å². The Morgan fingerprint density at radius 3 is 2.32 bits per heavy atom. The van der Waals surface area contributed by atoms with Crippen molar-refractivity contribution in [1.29, 1.82) is 0 Å². The van der Waals surface area contributed by atoms with E-state index in [1.165, 1.54) is 30.5 Å². The number of carbonyl (C=O) groups excluding carboxylic acids is 2. The van der Waals surface area contributed by atoms with Crippen LogP contribution in [0, 0.1) is 11.7 Å². The zero-order chi connectivity index (χ0) is 26.4. The lowest BCUT2D eigenvalue weighted by Gasteiger charge is -2.25. The Balaban J connectivity index is 1.23. The minimum atomic E-state index is -4.69. The summed E-state index contributed by atoms with van der Waals surface area (Å²) in [4.78, 5) is 33.8. The molecule has 0 radical (unpaired) electrons. The Morgan fingerprint density at radius 2 is 1.68 bits per heavy atom. The van der Waals surface area contributed by atoms with Gasteiger partial charge in [-0.05, 0) is 55.3 Å². The summed E-state index contributed by atoms with van der Waals surface area (Å²) >= 11 is 0. The monoisotopic (exact) mass is 514 g/mol. The van der Waals surface area contributed by atoms with Crippen LogP contribution in [-0.4, -0.2) is 28.6 Å². The Labute approximate surface area is 207 Å². The van der Waals surface area contributed by atoms with Crippen LogP contribution in [0.15, 0.2) is 76.2 Å². The molecule has 2 aliphatic heterocycles. The Kier molecular flexibility index (Phi) is 5.88. The molecule has 0 saturated heterocycles. The van der Waals surface area contributed by atoms with Gasteiger partial charge in [0.25, 0.3) is 0 Å². The molecule has 2 aromatic carbocycles. The average Bonchev–Trinajstić information content (AvgIpc) is 3.63. The Bertz CT molecular complexity index is 1410. The molecular formula is C24H20F4N7O2+. The molecular weight excluding hydrogens is 494 g/mol. The van der Waals surface area contributed by atoms with Gasteiger partial charge in [-0.3, -0.25) is 9.79 Å². The molecule has 13 heteroatoms. The van der Waals surface area contributed by atoms with Gasteiger partial charge in [0, 0.05) is 17.3 Å². The van der Waals surface area contributed by atoms with E-state index in [0.29, 0.717) is 29.6 Å². The lowest BCUT2D eigenvalue weighted by atomic mass is 10.2. The number of nitrogens with two attached hydrogens (primary N) is 1. The second-order valence-corrected chi connectivity index (χ2v) is 8.64. The van der Waals surface area contributed by atoms with E-state index in [9.17, 15) is 27.2 Å². The van der Waals surface area contributed by atoms with Crippen molar-refractivity contribution in [3.63, 3.8) is 0 Å². The van der Waals surface area contributed by atoms with E-state index >= 15 is 0 Å². The minimum Gasteiger partial charge on any atom is -0.316 e. The highest BCUT2D eigenvalue weighted by Crippen LogP contribution is 2.43. The third-order valence-electron chi connectivity index (χ3n) is 5.93. The van der Waals surface area contributed by atoms with Crippen LogP contribution in [0.2, 0.25) is 0 Å². The highest BCUT2D eigenvalue weighted by molar-refractivity contribution is 6.40. The van der Waals surface area contributed by atoms with Crippen molar-refractivity contribution in [2.45, 2.75) is 19.0 Å². The maximum atomic E-state index is 13.9. The Morgan fingerprint density at radius 1 is 1.00 bits per heavy atom. The van der Waals surface area contributed by atoms with Gasteiger partial charge in [0.05, 0.1) is 23.7 Å². The third-order valence-corrected chi connectivity index (χ3v) is 5.93. The molecule has 5 N–H and O–H groups in total. The molecule has 0 bridgehead atoms. The van der Waals surface area contributed by atoms with Crippen molar-refractivity contribution < 1.29 is 31.7 Å². The van der Waals surface area contributed by atoms with Crippen LogP contribution in [-0.2, 0) is 11.0 Å². The predicted octanol–water partition coefficient (Wildman–Crippen LogP) is 4.71. The molecule has 3 amide bonds. The van der Waals surface area contributed by atoms with Crippen molar-refractivity contribution in [2.24, 2.45) is 21.7 Å². The van der Waals surface area contributed by atoms with Gasteiger partial charge >= 0.3 is 24.0 Å². The zero-order valence-electron chi connectivity index (χ0n) is 19.0. The van der Waals surface area contributed by atoms with Crippen LogP contribution < -0.4 is 21.8 Å². The summed E-state index contributed by atoms with van der Waals surface area (Å²) in [6.07, 6.45) is 1.93. The van der Waals surface area contributed by atoms with Crippen LogP contribution >= 0.6 is 0 Å². The van der Waals surface area contributed by atoms with Crippen LogP contribution in [0.5, 0.6) is 0 Å². The largest absolute Gasteiger partial charge is 0.416 e. The fraction of sp³-hybridized carbons (Fsp3) is 0.167. The standard InChI is InChI=1S/C24H19F4N7O2/c25-17-8-3-14(24(26,27)28)11-18(17)33-23(37)32-16-6-4-15(5-7-16)31-22(36)21-34-20(13-1-2-13)19-12-30-9-10-35(19,21)29/h3-13H,1-2,29H2,(H2-,30,31,32,33,34,36,37)/p+1. The minimum absolute atomic E-state index is 0.0870. The summed E-state index contributed by atoms with van der Waals surface area (Å²) in [5, 5.41) is 7.16. The first-order chi connectivity index (χ1) is 17.5. The van der Waals surface area contributed by atoms with Crippen LogP contribution in [0.25, 0.3) is 0 Å². The summed E-state index contributed by atoms with van der Waals surface area (Å²) < 4.78 is 52.1. The molecule has 9 nitrogen and oxygen atoms in total. The number of aliphatic imine (C=N–C) groups is 2. The number of anilines is 3. The van der Waals surface area contributed by atoms with E-state index in [4.69, 9.17) is 5.84 Å². The third kappa shape index (κ3) is 4.86. The van der Waals surface area contributed by atoms with Gasteiger partial charge < -0.3 is 16.0 Å². The average molecular weight is 514 g/mol. The Hall–Kier alpha value is -4.36. The number of urea groups is 1. The SMILES string of the molecule is N[N+]12C=CN=CC1=C(C1CC1)N=C2C(=O)Nc1ccc(NC(=O)Nc2cc(C(F)(F)F)ccc2F)cc1. The summed E-state index contributed by atoms with van der Waals surface area (Å²) in [5.41, 5.74) is 0.310. The molecule has 0 spiro atoms. The number of nitrogens with one attached hydrogen (secondary N) is 3. The topological polar surface area (TPSA) is 121 Å². The van der Waals surface area contributed by atoms with Gasteiger partial charge in [0.15, 0.2) is 0 Å². The maximum absolute atomic E-state index is 13.9. The first-order valence-electron chi connectivity index (χ1n) is 11.1. The van der Waals surface area contributed by atoms with E-state index in [1.54, 1.807) is 12.4 Å². The van der Waals surface area contributed by atoms with E-state index in [-0.39, 0.29) is 22.0 Å². The number of quaternary nitrogens is 1. The number of halogens is 4. The molecule has 5 rings (SSSR count). The van der Waals surface area contributed by atoms with Gasteiger partial charge in [0.1, 0.15) is 17.7 Å². The summed E-state index contributed by atoms with van der Waals surface area (Å²) in [7, 11) is 0. The van der Waals surface area contributed by atoms with Crippen molar-refractivity contribution in [1.82, 2.24) is 0 Å². The zero-order valence-corrected chi connectivity index (χ0v) is 19.0. The van der Waals surface area contributed by atoms with Crippen molar-refractivity contribution in [2.75, 3.05) is 16.0 Å². The number of benzene rings is 2. The molecule has 1 fully saturated rings. The number of fused-ring (bicyclic) bond motifs is 1. The lowest BCUT2D eigenvalue weighted by molar-refractivity contribution is -0.749. The quantitative estimate of drug-likeness (QED) is 0.263. The van der Waals surface area contributed by atoms with Gasteiger partial charge in [-0.15, -0.1) is 4.59 Å². The van der Waals surface area contributed by atoms with E-state index < -0.39 is 35.2 Å². The van der Waals surface area contributed by atoms with Crippen molar-refractivity contribution in [3.05, 3.63) is 77.6 Å². The van der Waals surface area contributed by atoms with Crippen LogP contribution in [0.3, 0.4) is 0 Å². The smallest absolute Gasteiger partial charge is 0.316 e. The number of carbonyl (C=O) groups is 2. The second-order valence-electron chi connectivity index (χ2n) is 8.64. The highest BCUT2D eigenvalue weighted by atomic mass is 19.4. The number of hydrogen-bond acceptors (Lipinski definition) is 5. The van der Waals surface area contributed by atoms with Crippen molar-refractivity contribution in [3.8, 4) is 0 Å². The molecule has 1 unspecified atom stereocenters. The molecule has 1 saturated carbocycles. The summed E-state index contributed by atoms with van der Waals surface area (Å²) in [6.45, 7) is 0. The number of hydrogen-bond donors (Lipinski definition) is 4. The number of amides is 3. The molecule has 1 atom stereocenters.